The molecule has 9 nitrogen and oxygen atoms in total. The highest BCUT2D eigenvalue weighted by Crippen LogP contribution is 2.28. The molecule has 0 aliphatic carbocycles. The first kappa shape index (κ1) is 21.1. The maximum atomic E-state index is 12.8. The Morgan fingerprint density at radius 3 is 2.35 bits per heavy atom. The molecule has 3 aromatic rings. The Morgan fingerprint density at radius 1 is 1.00 bits per heavy atom. The monoisotopic (exact) mass is 455 g/mol. The van der Waals surface area contributed by atoms with Gasteiger partial charge in [0.25, 0.3) is 0 Å². The van der Waals surface area contributed by atoms with Crippen molar-refractivity contribution in [2.24, 2.45) is 0 Å². The fourth-order valence-electron chi connectivity index (χ4n) is 2.87. The van der Waals surface area contributed by atoms with Gasteiger partial charge >= 0.3 is 21.6 Å². The lowest BCUT2D eigenvalue weighted by molar-refractivity contribution is -0.0502. The van der Waals surface area contributed by atoms with Crippen LogP contribution in [-0.4, -0.2) is 60.0 Å². The Balaban J connectivity index is 1.74. The van der Waals surface area contributed by atoms with Crippen molar-refractivity contribution in [1.29, 1.82) is 0 Å². The van der Waals surface area contributed by atoms with Gasteiger partial charge in [-0.15, -0.1) is 0 Å². The molecule has 31 heavy (non-hydrogen) atoms. The minimum Gasteiger partial charge on any atom is -0.378 e. The lowest BCUT2D eigenvalue weighted by atomic mass is 10.2. The molecular weight excluding hydrogens is 439 g/mol. The smallest absolute Gasteiger partial charge is 0.378 e. The van der Waals surface area contributed by atoms with Crippen LogP contribution in [0.2, 0.25) is 0 Å². The van der Waals surface area contributed by atoms with E-state index in [1.807, 2.05) is 30.3 Å². The van der Waals surface area contributed by atoms with Gasteiger partial charge in [0.2, 0.25) is 0 Å². The second-order valence-electron chi connectivity index (χ2n) is 6.46. The summed E-state index contributed by atoms with van der Waals surface area (Å²) in [5, 5.41) is 4.38. The molecule has 1 fully saturated rings. The van der Waals surface area contributed by atoms with Crippen molar-refractivity contribution in [3.63, 3.8) is 0 Å². The summed E-state index contributed by atoms with van der Waals surface area (Å²) in [6.07, 6.45) is 1.55. The Kier molecular flexibility index (Phi) is 5.54. The summed E-state index contributed by atoms with van der Waals surface area (Å²) in [7, 11) is -5.93. The first-order chi connectivity index (χ1) is 14.7. The van der Waals surface area contributed by atoms with Crippen molar-refractivity contribution in [2.45, 2.75) is 5.51 Å². The van der Waals surface area contributed by atoms with Gasteiger partial charge in [0.05, 0.1) is 18.9 Å². The first-order valence-corrected chi connectivity index (χ1v) is 10.5. The molecule has 3 heterocycles. The summed E-state index contributed by atoms with van der Waals surface area (Å²) >= 11 is 0. The SMILES string of the molecule is O=S(=O)(Oc1nc(N2CCOCC2)cc(-n2ccc(-c3ccccc3)n2)n1)C(F)(F)F. The van der Waals surface area contributed by atoms with Gasteiger partial charge in [-0.2, -0.15) is 36.7 Å². The van der Waals surface area contributed by atoms with E-state index in [9.17, 15) is 21.6 Å². The molecule has 2 aromatic heterocycles. The molecule has 1 aliphatic heterocycles. The Labute approximate surface area is 175 Å². The number of aromatic nitrogens is 4. The average Bonchev–Trinajstić information content (AvgIpc) is 3.24. The van der Waals surface area contributed by atoms with Crippen LogP contribution in [0.4, 0.5) is 19.0 Å². The number of hydrogen-bond donors (Lipinski definition) is 0. The van der Waals surface area contributed by atoms with Crippen molar-refractivity contribution in [3.05, 3.63) is 48.7 Å². The summed E-state index contributed by atoms with van der Waals surface area (Å²) in [6.45, 7) is 1.60. The van der Waals surface area contributed by atoms with Crippen LogP contribution in [0.25, 0.3) is 17.1 Å². The minimum absolute atomic E-state index is 0.0473. The van der Waals surface area contributed by atoms with Gasteiger partial charge in [0.15, 0.2) is 5.82 Å². The van der Waals surface area contributed by atoms with Gasteiger partial charge in [-0.3, -0.25) is 0 Å². The molecule has 1 aliphatic rings. The number of halogens is 3. The predicted molar refractivity (Wildman–Crippen MR) is 103 cm³/mol. The highest BCUT2D eigenvalue weighted by molar-refractivity contribution is 7.87. The molecule has 4 rings (SSSR count). The van der Waals surface area contributed by atoms with Crippen LogP contribution in [-0.2, 0) is 14.9 Å². The second kappa shape index (κ2) is 8.15. The summed E-state index contributed by atoms with van der Waals surface area (Å²) < 4.78 is 72.0. The van der Waals surface area contributed by atoms with Gasteiger partial charge in [-0.25, -0.2) is 4.68 Å². The maximum Gasteiger partial charge on any atom is 0.534 e. The number of ether oxygens (including phenoxy) is 1. The molecule has 0 unspecified atom stereocenters. The number of benzene rings is 1. The molecule has 0 atom stereocenters. The molecular formula is C18H16F3N5O4S. The van der Waals surface area contributed by atoms with Gasteiger partial charge in [-0.05, 0) is 6.07 Å². The normalized spacial score (nSPS) is 15.1. The molecule has 1 aromatic carbocycles. The minimum atomic E-state index is -5.93. The third kappa shape index (κ3) is 4.61. The number of morpholine rings is 1. The van der Waals surface area contributed by atoms with Gasteiger partial charge in [0, 0.05) is 30.9 Å². The molecule has 0 spiro atoms. The van der Waals surface area contributed by atoms with Crippen LogP contribution >= 0.6 is 0 Å². The third-order valence-electron chi connectivity index (χ3n) is 4.37. The van der Waals surface area contributed by atoms with E-state index in [0.29, 0.717) is 32.0 Å². The van der Waals surface area contributed by atoms with Crippen molar-refractivity contribution in [3.8, 4) is 23.1 Å². The Morgan fingerprint density at radius 2 is 1.68 bits per heavy atom. The summed E-state index contributed by atoms with van der Waals surface area (Å²) in [5.74, 6) is 0.239. The van der Waals surface area contributed by atoms with Crippen molar-refractivity contribution in [2.75, 3.05) is 31.2 Å². The van der Waals surface area contributed by atoms with Gasteiger partial charge < -0.3 is 13.8 Å². The molecule has 13 heteroatoms. The highest BCUT2D eigenvalue weighted by Gasteiger charge is 2.49. The quantitative estimate of drug-likeness (QED) is 0.427. The van der Waals surface area contributed by atoms with E-state index in [0.717, 1.165) is 5.56 Å². The number of nitrogens with zero attached hydrogens (tertiary/aromatic N) is 5. The predicted octanol–water partition coefficient (Wildman–Crippen LogP) is 2.39. The first-order valence-electron chi connectivity index (χ1n) is 9.07. The zero-order valence-electron chi connectivity index (χ0n) is 15.9. The number of hydrogen-bond acceptors (Lipinski definition) is 8. The zero-order valence-corrected chi connectivity index (χ0v) is 16.7. The summed E-state index contributed by atoms with van der Waals surface area (Å²) in [5.41, 5.74) is -4.20. The van der Waals surface area contributed by atoms with Crippen molar-refractivity contribution < 1.29 is 30.5 Å². The molecule has 0 amide bonds. The molecule has 0 saturated carbocycles. The Bertz CT molecular complexity index is 1160. The van der Waals surface area contributed by atoms with Crippen molar-refractivity contribution in [1.82, 2.24) is 19.7 Å². The molecule has 0 N–H and O–H groups in total. The van der Waals surface area contributed by atoms with E-state index < -0.39 is 21.6 Å². The van der Waals surface area contributed by atoms with E-state index in [1.165, 1.54) is 10.7 Å². The van der Waals surface area contributed by atoms with E-state index in [2.05, 4.69) is 19.2 Å². The van der Waals surface area contributed by atoms with Crippen molar-refractivity contribution >= 4 is 15.9 Å². The molecule has 0 bridgehead atoms. The fourth-order valence-corrected chi connectivity index (χ4v) is 3.24. The number of rotatable bonds is 5. The average molecular weight is 455 g/mol. The lowest BCUT2D eigenvalue weighted by Crippen LogP contribution is -2.37. The van der Waals surface area contributed by atoms with E-state index in [-0.39, 0.29) is 11.6 Å². The second-order valence-corrected chi connectivity index (χ2v) is 8.00. The fraction of sp³-hybridized carbons (Fsp3) is 0.278. The molecule has 164 valence electrons. The molecule has 1 saturated heterocycles. The topological polar surface area (TPSA) is 99.4 Å². The number of anilines is 1. The molecule has 0 radical (unpaired) electrons. The van der Waals surface area contributed by atoms with E-state index in [4.69, 9.17) is 4.74 Å². The van der Waals surface area contributed by atoms with Crippen LogP contribution in [0.5, 0.6) is 6.01 Å². The Hall–Kier alpha value is -3.19. The largest absolute Gasteiger partial charge is 0.534 e. The zero-order chi connectivity index (χ0) is 22.1. The summed E-state index contributed by atoms with van der Waals surface area (Å²) in [4.78, 5) is 9.42. The van der Waals surface area contributed by atoms with Gasteiger partial charge in [-0.1, -0.05) is 30.3 Å². The lowest BCUT2D eigenvalue weighted by Gasteiger charge is -2.28. The van der Waals surface area contributed by atoms with Crippen LogP contribution in [0.3, 0.4) is 0 Å². The van der Waals surface area contributed by atoms with Gasteiger partial charge in [0.1, 0.15) is 5.82 Å². The third-order valence-corrected chi connectivity index (χ3v) is 5.31. The summed E-state index contributed by atoms with van der Waals surface area (Å²) in [6, 6.07) is 11.4. The highest BCUT2D eigenvalue weighted by atomic mass is 32.2. The maximum absolute atomic E-state index is 12.8. The van der Waals surface area contributed by atoms with E-state index >= 15 is 0 Å². The van der Waals surface area contributed by atoms with E-state index in [1.54, 1.807) is 17.2 Å². The van der Waals surface area contributed by atoms with Crippen LogP contribution in [0.15, 0.2) is 48.7 Å². The van der Waals surface area contributed by atoms with Crippen LogP contribution in [0, 0.1) is 0 Å². The van der Waals surface area contributed by atoms with Crippen LogP contribution < -0.4 is 9.08 Å². The number of alkyl halides is 3. The standard InChI is InChI=1S/C18H16F3N5O4S/c19-18(20,21)31(27,28)30-17-22-15(25-8-10-29-11-9-25)12-16(23-17)26-7-6-14(24-26)13-4-2-1-3-5-13/h1-7,12H,8-11H2. The van der Waals surface area contributed by atoms with Crippen LogP contribution in [0.1, 0.15) is 0 Å².